The Kier molecular flexibility index (Phi) is 4.61. The highest BCUT2D eigenvalue weighted by Gasteiger charge is 2.20. The van der Waals surface area contributed by atoms with E-state index in [2.05, 4.69) is 6.07 Å². The number of hydrogen-bond acceptors (Lipinski definition) is 4. The molecule has 0 saturated carbocycles. The van der Waals surface area contributed by atoms with Crippen molar-refractivity contribution in [3.05, 3.63) is 34.9 Å². The van der Waals surface area contributed by atoms with Gasteiger partial charge in [0, 0.05) is 23.3 Å². The lowest BCUT2D eigenvalue weighted by atomic mass is 10.1. The van der Waals surface area contributed by atoms with Crippen LogP contribution in [0.25, 0.3) is 6.08 Å². The summed E-state index contributed by atoms with van der Waals surface area (Å²) in [5.41, 5.74) is 1.54. The number of nitriles is 1. The predicted molar refractivity (Wildman–Crippen MR) is 75.7 cm³/mol. The van der Waals surface area contributed by atoms with Gasteiger partial charge in [-0.05, 0) is 23.8 Å². The summed E-state index contributed by atoms with van der Waals surface area (Å²) in [5, 5.41) is 18.0. The Labute approximate surface area is 121 Å². The van der Waals surface area contributed by atoms with Crippen molar-refractivity contribution < 1.29 is 14.6 Å². The lowest BCUT2D eigenvalue weighted by molar-refractivity contribution is -0.131. The Hall–Kier alpha value is -2.03. The van der Waals surface area contributed by atoms with Gasteiger partial charge in [-0.3, -0.25) is 0 Å². The third kappa shape index (κ3) is 3.50. The van der Waals surface area contributed by atoms with Crippen LogP contribution in [0.2, 0.25) is 5.02 Å². The van der Waals surface area contributed by atoms with E-state index in [1.54, 1.807) is 12.1 Å². The molecule has 1 saturated heterocycles. The number of rotatable bonds is 3. The lowest BCUT2D eigenvalue weighted by Crippen LogP contribution is -2.41. The number of benzene rings is 1. The third-order valence-corrected chi connectivity index (χ3v) is 3.29. The molecule has 1 atom stereocenters. The predicted octanol–water partition coefficient (Wildman–Crippen LogP) is 2.17. The van der Waals surface area contributed by atoms with Crippen LogP contribution in [0.4, 0.5) is 5.69 Å². The van der Waals surface area contributed by atoms with Gasteiger partial charge in [0.05, 0.1) is 19.2 Å². The fourth-order valence-electron chi connectivity index (χ4n) is 1.97. The standard InChI is InChI=1S/C14H13ClN2O3/c15-13-7-11(3-1-10(13)2-4-14(18)19)17-5-6-20-12(8-16)9-17/h1-4,7,12H,5-6,9H2,(H,18,19)/b4-2+. The highest BCUT2D eigenvalue weighted by atomic mass is 35.5. The monoisotopic (exact) mass is 292 g/mol. The summed E-state index contributed by atoms with van der Waals surface area (Å²) in [6.45, 7) is 1.69. The summed E-state index contributed by atoms with van der Waals surface area (Å²) in [4.78, 5) is 12.5. The second-order valence-corrected chi connectivity index (χ2v) is 4.72. The molecule has 104 valence electrons. The largest absolute Gasteiger partial charge is 0.478 e. The maximum absolute atomic E-state index is 10.5. The van der Waals surface area contributed by atoms with Crippen molar-refractivity contribution >= 4 is 29.3 Å². The van der Waals surface area contributed by atoms with Crippen molar-refractivity contribution in [2.24, 2.45) is 0 Å². The van der Waals surface area contributed by atoms with E-state index in [9.17, 15) is 4.79 Å². The number of ether oxygens (including phenoxy) is 1. The van der Waals surface area contributed by atoms with Gasteiger partial charge in [0.25, 0.3) is 0 Å². The summed E-state index contributed by atoms with van der Waals surface area (Å²) in [5.74, 6) is -1.02. The van der Waals surface area contributed by atoms with Crippen LogP contribution in [0.3, 0.4) is 0 Å². The van der Waals surface area contributed by atoms with E-state index in [0.29, 0.717) is 30.3 Å². The fourth-order valence-corrected chi connectivity index (χ4v) is 2.21. The minimum atomic E-state index is -1.02. The minimum Gasteiger partial charge on any atom is -0.478 e. The second-order valence-electron chi connectivity index (χ2n) is 4.31. The van der Waals surface area contributed by atoms with E-state index in [1.165, 1.54) is 6.08 Å². The Morgan fingerprint density at radius 1 is 1.60 bits per heavy atom. The molecule has 1 aromatic carbocycles. The maximum Gasteiger partial charge on any atom is 0.328 e. The van der Waals surface area contributed by atoms with Gasteiger partial charge in [-0.25, -0.2) is 4.79 Å². The SMILES string of the molecule is N#CC1CN(c2ccc(/C=C/C(=O)O)c(Cl)c2)CCO1. The van der Waals surface area contributed by atoms with Crippen LogP contribution in [0.1, 0.15) is 5.56 Å². The summed E-state index contributed by atoms with van der Waals surface area (Å²) in [7, 11) is 0. The summed E-state index contributed by atoms with van der Waals surface area (Å²) >= 11 is 6.14. The number of halogens is 1. The number of morpholine rings is 1. The molecule has 0 bridgehead atoms. The number of carboxylic acids is 1. The van der Waals surface area contributed by atoms with Crippen molar-refractivity contribution in [1.82, 2.24) is 0 Å². The Balaban J connectivity index is 2.16. The van der Waals surface area contributed by atoms with Crippen molar-refractivity contribution in [2.75, 3.05) is 24.6 Å². The van der Waals surface area contributed by atoms with Crippen LogP contribution in [-0.4, -0.2) is 36.9 Å². The molecule has 0 spiro atoms. The highest BCUT2D eigenvalue weighted by molar-refractivity contribution is 6.32. The van der Waals surface area contributed by atoms with E-state index >= 15 is 0 Å². The van der Waals surface area contributed by atoms with Crippen molar-refractivity contribution in [3.8, 4) is 6.07 Å². The Bertz CT molecular complexity index is 580. The first-order valence-electron chi connectivity index (χ1n) is 6.07. The zero-order valence-corrected chi connectivity index (χ0v) is 11.4. The molecule has 6 heteroatoms. The van der Waals surface area contributed by atoms with Gasteiger partial charge in [-0.1, -0.05) is 17.7 Å². The van der Waals surface area contributed by atoms with Gasteiger partial charge in [-0.2, -0.15) is 5.26 Å². The van der Waals surface area contributed by atoms with E-state index in [1.807, 2.05) is 11.0 Å². The smallest absolute Gasteiger partial charge is 0.328 e. The molecule has 20 heavy (non-hydrogen) atoms. The fraction of sp³-hybridized carbons (Fsp3) is 0.286. The van der Waals surface area contributed by atoms with E-state index in [-0.39, 0.29) is 0 Å². The summed E-state index contributed by atoms with van der Waals surface area (Å²) in [6.07, 6.45) is 2.06. The number of anilines is 1. The van der Waals surface area contributed by atoms with Crippen LogP contribution in [-0.2, 0) is 9.53 Å². The molecule has 1 N–H and O–H groups in total. The maximum atomic E-state index is 10.5. The quantitative estimate of drug-likeness (QED) is 0.864. The van der Waals surface area contributed by atoms with Gasteiger partial charge in [0.15, 0.2) is 6.10 Å². The summed E-state index contributed by atoms with van der Waals surface area (Å²) < 4.78 is 5.29. The Morgan fingerprint density at radius 2 is 2.40 bits per heavy atom. The number of hydrogen-bond donors (Lipinski definition) is 1. The van der Waals surface area contributed by atoms with E-state index < -0.39 is 12.1 Å². The van der Waals surface area contributed by atoms with E-state index in [0.717, 1.165) is 11.8 Å². The number of nitrogens with zero attached hydrogens (tertiary/aromatic N) is 2. The lowest BCUT2D eigenvalue weighted by Gasteiger charge is -2.31. The molecule has 0 aromatic heterocycles. The first kappa shape index (κ1) is 14.4. The van der Waals surface area contributed by atoms with Crippen LogP contribution in [0.5, 0.6) is 0 Å². The summed E-state index contributed by atoms with van der Waals surface area (Å²) in [6, 6.07) is 7.47. The number of carboxylic acid groups (broad SMARTS) is 1. The van der Waals surface area contributed by atoms with Gasteiger partial charge >= 0.3 is 5.97 Å². The first-order chi connectivity index (χ1) is 9.60. The molecule has 1 heterocycles. The topological polar surface area (TPSA) is 73.6 Å². The molecule has 0 amide bonds. The van der Waals surface area contributed by atoms with Crippen LogP contribution in [0, 0.1) is 11.3 Å². The molecule has 1 aliphatic rings. The Morgan fingerprint density at radius 3 is 3.05 bits per heavy atom. The number of aliphatic carboxylic acids is 1. The van der Waals surface area contributed by atoms with Crippen molar-refractivity contribution in [1.29, 1.82) is 5.26 Å². The molecular weight excluding hydrogens is 280 g/mol. The normalized spacial score (nSPS) is 19.0. The van der Waals surface area contributed by atoms with Crippen molar-refractivity contribution in [2.45, 2.75) is 6.10 Å². The van der Waals surface area contributed by atoms with Crippen LogP contribution in [0.15, 0.2) is 24.3 Å². The molecule has 2 rings (SSSR count). The molecule has 0 aliphatic carbocycles. The van der Waals surface area contributed by atoms with E-state index in [4.69, 9.17) is 26.7 Å². The van der Waals surface area contributed by atoms with Crippen molar-refractivity contribution in [3.63, 3.8) is 0 Å². The van der Waals surface area contributed by atoms with Crippen LogP contribution >= 0.6 is 11.6 Å². The molecule has 0 radical (unpaired) electrons. The molecule has 1 aromatic rings. The van der Waals surface area contributed by atoms with Crippen LogP contribution < -0.4 is 4.90 Å². The zero-order valence-electron chi connectivity index (χ0n) is 10.6. The van der Waals surface area contributed by atoms with Gasteiger partial charge < -0.3 is 14.7 Å². The third-order valence-electron chi connectivity index (χ3n) is 2.97. The highest BCUT2D eigenvalue weighted by Crippen LogP contribution is 2.26. The zero-order chi connectivity index (χ0) is 14.5. The minimum absolute atomic E-state index is 0.436. The number of carbonyl (C=O) groups is 1. The van der Waals surface area contributed by atoms with Gasteiger partial charge in [-0.15, -0.1) is 0 Å². The average Bonchev–Trinajstić information content (AvgIpc) is 2.46. The second kappa shape index (κ2) is 6.42. The molecule has 1 fully saturated rings. The molecule has 1 unspecified atom stereocenters. The van der Waals surface area contributed by atoms with Gasteiger partial charge in [0.1, 0.15) is 0 Å². The average molecular weight is 293 g/mol. The molecule has 1 aliphatic heterocycles. The first-order valence-corrected chi connectivity index (χ1v) is 6.44. The molecular formula is C14H13ClN2O3. The van der Waals surface area contributed by atoms with Gasteiger partial charge in [0.2, 0.25) is 0 Å². The molecule has 5 nitrogen and oxygen atoms in total.